The molecule has 2 aromatic rings. The maximum atomic E-state index is 12.3. The van der Waals surface area contributed by atoms with Crippen LogP contribution in [0.15, 0.2) is 42.5 Å². The van der Waals surface area contributed by atoms with Crippen LogP contribution in [0.3, 0.4) is 0 Å². The van der Waals surface area contributed by atoms with Crippen molar-refractivity contribution in [1.82, 2.24) is 9.80 Å². The first-order chi connectivity index (χ1) is 16.3. The Morgan fingerprint density at radius 3 is 2.26 bits per heavy atom. The molecule has 0 radical (unpaired) electrons. The van der Waals surface area contributed by atoms with Crippen molar-refractivity contribution in [3.63, 3.8) is 0 Å². The van der Waals surface area contributed by atoms with E-state index in [1.165, 1.54) is 12.0 Å². The number of likely N-dealkylation sites (tertiary alicyclic amines) is 1. The van der Waals surface area contributed by atoms with Gasteiger partial charge in [-0.2, -0.15) is 0 Å². The Kier molecular flexibility index (Phi) is 8.68. The van der Waals surface area contributed by atoms with Crippen molar-refractivity contribution in [3.05, 3.63) is 63.1 Å². The van der Waals surface area contributed by atoms with Gasteiger partial charge in [0, 0.05) is 48.7 Å². The predicted octanol–water partition coefficient (Wildman–Crippen LogP) is 6.79. The second kappa shape index (κ2) is 11.5. The molecule has 0 spiro atoms. The maximum Gasteiger partial charge on any atom is 0.225 e. The first kappa shape index (κ1) is 25.6. The van der Waals surface area contributed by atoms with Crippen LogP contribution in [-0.2, 0) is 4.79 Å². The molecule has 0 N–H and O–H groups in total. The van der Waals surface area contributed by atoms with Crippen LogP contribution in [0.2, 0.25) is 15.1 Å². The van der Waals surface area contributed by atoms with Crippen molar-refractivity contribution in [3.8, 4) is 0 Å². The van der Waals surface area contributed by atoms with Gasteiger partial charge in [-0.1, -0.05) is 60.8 Å². The Bertz CT molecular complexity index is 974. The summed E-state index contributed by atoms with van der Waals surface area (Å²) >= 11 is 18.9. The first-order valence-electron chi connectivity index (χ1n) is 12.3. The van der Waals surface area contributed by atoms with Crippen molar-refractivity contribution >= 4 is 46.4 Å². The number of hydrogen-bond donors (Lipinski definition) is 0. The Labute approximate surface area is 218 Å². The van der Waals surface area contributed by atoms with Gasteiger partial charge in [0.05, 0.1) is 16.8 Å². The summed E-state index contributed by atoms with van der Waals surface area (Å²) in [6.07, 6.45) is 3.40. The molecule has 2 saturated heterocycles. The molecule has 2 heterocycles. The van der Waals surface area contributed by atoms with E-state index >= 15 is 0 Å². The van der Waals surface area contributed by atoms with Crippen molar-refractivity contribution in [2.75, 3.05) is 44.2 Å². The summed E-state index contributed by atoms with van der Waals surface area (Å²) < 4.78 is 0. The number of benzene rings is 2. The van der Waals surface area contributed by atoms with E-state index in [2.05, 4.69) is 21.9 Å². The number of halogens is 3. The molecule has 1 atom stereocenters. The van der Waals surface area contributed by atoms with Gasteiger partial charge in [-0.3, -0.25) is 9.69 Å². The normalized spacial score (nSPS) is 20.2. The average Bonchev–Trinajstić information content (AvgIpc) is 2.83. The second-order valence-corrected chi connectivity index (χ2v) is 11.1. The standard InChI is InChI=1S/C27H34Cl3N3O/c1-19(2)27(34)32-13-10-20(11-14-32)9-12-31-15-16-33(25-8-7-23(29)17-24(25)30)26(18-31)21-3-5-22(28)6-4-21/h3-8,17,19-20,26H,9-16,18H2,1-2H3. The molecule has 4 nitrogen and oxygen atoms in total. The molecular formula is C27H34Cl3N3O. The lowest BCUT2D eigenvalue weighted by molar-refractivity contribution is -0.135. The third kappa shape index (κ3) is 6.20. The minimum absolute atomic E-state index is 0.0896. The number of carbonyl (C=O) groups excluding carboxylic acids is 1. The Balaban J connectivity index is 1.40. The number of rotatable bonds is 6. The molecule has 2 aromatic carbocycles. The molecule has 0 bridgehead atoms. The summed E-state index contributed by atoms with van der Waals surface area (Å²) in [5.41, 5.74) is 2.26. The number of piperidine rings is 1. The van der Waals surface area contributed by atoms with Gasteiger partial charge in [0.1, 0.15) is 0 Å². The van der Waals surface area contributed by atoms with E-state index in [0.717, 1.165) is 62.8 Å². The third-order valence-corrected chi connectivity index (χ3v) is 8.00. The van der Waals surface area contributed by atoms with Crippen LogP contribution in [0.25, 0.3) is 0 Å². The zero-order chi connectivity index (χ0) is 24.2. The highest BCUT2D eigenvalue weighted by Gasteiger charge is 2.31. The summed E-state index contributed by atoms with van der Waals surface area (Å²) in [6, 6.07) is 14.1. The van der Waals surface area contributed by atoms with Crippen LogP contribution in [0, 0.1) is 11.8 Å². The molecule has 2 aliphatic rings. The lowest BCUT2D eigenvalue weighted by atomic mass is 9.92. The van der Waals surface area contributed by atoms with Gasteiger partial charge in [-0.05, 0) is 67.6 Å². The monoisotopic (exact) mass is 521 g/mol. The highest BCUT2D eigenvalue weighted by atomic mass is 35.5. The van der Waals surface area contributed by atoms with Crippen LogP contribution in [0.1, 0.15) is 44.7 Å². The minimum Gasteiger partial charge on any atom is -0.361 e. The van der Waals surface area contributed by atoms with E-state index in [-0.39, 0.29) is 12.0 Å². The lowest BCUT2D eigenvalue weighted by Crippen LogP contribution is -2.49. The maximum absolute atomic E-state index is 12.3. The van der Waals surface area contributed by atoms with E-state index in [0.29, 0.717) is 21.9 Å². The van der Waals surface area contributed by atoms with Crippen LogP contribution >= 0.6 is 34.8 Å². The fourth-order valence-electron chi connectivity index (χ4n) is 5.19. The number of anilines is 1. The molecule has 0 aliphatic carbocycles. The Morgan fingerprint density at radius 1 is 0.941 bits per heavy atom. The molecule has 7 heteroatoms. The van der Waals surface area contributed by atoms with Gasteiger partial charge < -0.3 is 9.80 Å². The molecule has 4 rings (SSSR count). The van der Waals surface area contributed by atoms with E-state index in [1.807, 2.05) is 49.1 Å². The fourth-order valence-corrected chi connectivity index (χ4v) is 5.83. The first-order valence-corrected chi connectivity index (χ1v) is 13.4. The highest BCUT2D eigenvalue weighted by Crippen LogP contribution is 2.37. The number of piperazine rings is 1. The quantitative estimate of drug-likeness (QED) is 0.418. The molecule has 34 heavy (non-hydrogen) atoms. The molecule has 1 amide bonds. The van der Waals surface area contributed by atoms with Gasteiger partial charge in [0.2, 0.25) is 5.91 Å². The molecule has 2 aliphatic heterocycles. The van der Waals surface area contributed by atoms with Gasteiger partial charge in [0.25, 0.3) is 0 Å². The summed E-state index contributed by atoms with van der Waals surface area (Å²) in [5, 5.41) is 2.08. The smallest absolute Gasteiger partial charge is 0.225 e. The minimum atomic E-state index is 0.0896. The van der Waals surface area contributed by atoms with Gasteiger partial charge >= 0.3 is 0 Å². The number of hydrogen-bond acceptors (Lipinski definition) is 3. The van der Waals surface area contributed by atoms with Crippen LogP contribution < -0.4 is 4.90 Å². The number of amides is 1. The van der Waals surface area contributed by atoms with Crippen LogP contribution in [-0.4, -0.2) is 55.0 Å². The third-order valence-electron chi connectivity index (χ3n) is 7.21. The van der Waals surface area contributed by atoms with Gasteiger partial charge in [0.15, 0.2) is 0 Å². The SMILES string of the molecule is CC(C)C(=O)N1CCC(CCN2CCN(c3ccc(Cl)cc3Cl)C(c3ccc(Cl)cc3)C2)CC1. The van der Waals surface area contributed by atoms with Crippen LogP contribution in [0.4, 0.5) is 5.69 Å². The van der Waals surface area contributed by atoms with Gasteiger partial charge in [-0.15, -0.1) is 0 Å². The number of nitrogens with zero attached hydrogens (tertiary/aromatic N) is 3. The zero-order valence-electron chi connectivity index (χ0n) is 20.0. The molecule has 0 saturated carbocycles. The summed E-state index contributed by atoms with van der Waals surface area (Å²) in [6.45, 7) is 9.69. The summed E-state index contributed by atoms with van der Waals surface area (Å²) in [4.78, 5) is 19.3. The van der Waals surface area contributed by atoms with Gasteiger partial charge in [-0.25, -0.2) is 0 Å². The largest absolute Gasteiger partial charge is 0.361 e. The van der Waals surface area contributed by atoms with Crippen molar-refractivity contribution in [1.29, 1.82) is 0 Å². The number of carbonyl (C=O) groups is 1. The van der Waals surface area contributed by atoms with Crippen molar-refractivity contribution < 1.29 is 4.79 Å². The fraction of sp³-hybridized carbons (Fsp3) is 0.519. The molecule has 2 fully saturated rings. The van der Waals surface area contributed by atoms with Crippen molar-refractivity contribution in [2.45, 2.75) is 39.2 Å². The molecular weight excluding hydrogens is 489 g/mol. The highest BCUT2D eigenvalue weighted by molar-refractivity contribution is 6.36. The average molecular weight is 523 g/mol. The van der Waals surface area contributed by atoms with E-state index < -0.39 is 0 Å². The van der Waals surface area contributed by atoms with Crippen molar-refractivity contribution in [2.24, 2.45) is 11.8 Å². The van der Waals surface area contributed by atoms with E-state index in [4.69, 9.17) is 34.8 Å². The molecule has 1 unspecified atom stereocenters. The summed E-state index contributed by atoms with van der Waals surface area (Å²) in [7, 11) is 0. The zero-order valence-corrected chi connectivity index (χ0v) is 22.3. The second-order valence-electron chi connectivity index (χ2n) is 9.87. The molecule has 0 aromatic heterocycles. The van der Waals surface area contributed by atoms with E-state index in [1.54, 1.807) is 0 Å². The Hall–Kier alpha value is -1.46. The lowest BCUT2D eigenvalue weighted by Gasteiger charge is -2.44. The molecule has 184 valence electrons. The van der Waals surface area contributed by atoms with Crippen LogP contribution in [0.5, 0.6) is 0 Å². The summed E-state index contributed by atoms with van der Waals surface area (Å²) in [5.74, 6) is 1.07. The Morgan fingerprint density at radius 2 is 1.62 bits per heavy atom. The van der Waals surface area contributed by atoms with E-state index in [9.17, 15) is 4.79 Å². The topological polar surface area (TPSA) is 26.8 Å². The predicted molar refractivity (Wildman–Crippen MR) is 143 cm³/mol.